The Balaban J connectivity index is 1.64. The van der Waals surface area contributed by atoms with Gasteiger partial charge in [-0.15, -0.1) is 0 Å². The highest BCUT2D eigenvalue weighted by molar-refractivity contribution is 6.22. The number of methoxy groups -OCH3 is 3. The molecule has 0 aromatic heterocycles. The molecule has 0 aliphatic carbocycles. The lowest BCUT2D eigenvalue weighted by atomic mass is 10.1. The molecular formula is C27H26FN3O6. The zero-order valence-electron chi connectivity index (χ0n) is 20.6. The van der Waals surface area contributed by atoms with E-state index in [2.05, 4.69) is 5.32 Å². The van der Waals surface area contributed by atoms with Gasteiger partial charge in [0.25, 0.3) is 5.91 Å². The van der Waals surface area contributed by atoms with Crippen molar-refractivity contribution in [2.24, 2.45) is 0 Å². The molecule has 4 rings (SSSR count). The predicted molar refractivity (Wildman–Crippen MR) is 134 cm³/mol. The van der Waals surface area contributed by atoms with Crippen LogP contribution in [0.15, 0.2) is 66.7 Å². The smallest absolute Gasteiger partial charge is 0.332 e. The van der Waals surface area contributed by atoms with Crippen LogP contribution < -0.4 is 24.4 Å². The van der Waals surface area contributed by atoms with Crippen LogP contribution in [-0.2, 0) is 16.1 Å². The maximum atomic E-state index is 13.5. The van der Waals surface area contributed by atoms with E-state index in [1.807, 2.05) is 0 Å². The molecule has 1 saturated heterocycles. The van der Waals surface area contributed by atoms with E-state index >= 15 is 0 Å². The Labute approximate surface area is 213 Å². The quantitative estimate of drug-likeness (QED) is 0.436. The number of amides is 4. The van der Waals surface area contributed by atoms with Crippen molar-refractivity contribution in [1.82, 2.24) is 4.90 Å². The summed E-state index contributed by atoms with van der Waals surface area (Å²) in [6.07, 6.45) is -0.296. The Morgan fingerprint density at radius 1 is 0.919 bits per heavy atom. The standard InChI is InChI=1S/C27H26FN3O6/c1-35-21-6-4-5-20(14-21)31-26(33)22(15-25(32)29-19-10-8-18(28)9-11-19)30(27(31)34)16-17-7-12-23(36-2)24(13-17)37-3/h4-14,22H,15-16H2,1-3H3,(H,29,32)/t22-/m1/s1. The maximum absolute atomic E-state index is 13.5. The topological polar surface area (TPSA) is 97.4 Å². The van der Waals surface area contributed by atoms with Gasteiger partial charge in [-0.25, -0.2) is 14.1 Å². The van der Waals surface area contributed by atoms with Gasteiger partial charge in [0.15, 0.2) is 11.5 Å². The molecule has 37 heavy (non-hydrogen) atoms. The molecule has 0 radical (unpaired) electrons. The van der Waals surface area contributed by atoms with E-state index in [9.17, 15) is 18.8 Å². The molecule has 3 aromatic rings. The molecule has 1 N–H and O–H groups in total. The number of imide groups is 1. The summed E-state index contributed by atoms with van der Waals surface area (Å²) in [4.78, 5) is 42.3. The molecule has 0 spiro atoms. The van der Waals surface area contributed by atoms with E-state index in [1.165, 1.54) is 50.5 Å². The molecule has 1 aliphatic rings. The summed E-state index contributed by atoms with van der Waals surface area (Å²) in [5.41, 5.74) is 1.38. The molecule has 1 fully saturated rings. The van der Waals surface area contributed by atoms with Gasteiger partial charge < -0.3 is 24.4 Å². The molecule has 0 unspecified atom stereocenters. The summed E-state index contributed by atoms with van der Waals surface area (Å²) in [6, 6.07) is 15.3. The molecule has 0 bridgehead atoms. The van der Waals surface area contributed by atoms with E-state index in [0.717, 1.165) is 4.90 Å². The van der Waals surface area contributed by atoms with Gasteiger partial charge in [-0.2, -0.15) is 0 Å². The van der Waals surface area contributed by atoms with Crippen LogP contribution >= 0.6 is 0 Å². The lowest BCUT2D eigenvalue weighted by molar-refractivity contribution is -0.124. The van der Waals surface area contributed by atoms with Gasteiger partial charge in [0, 0.05) is 18.3 Å². The highest BCUT2D eigenvalue weighted by atomic mass is 19.1. The highest BCUT2D eigenvalue weighted by Crippen LogP contribution is 2.33. The molecule has 10 heteroatoms. The lowest BCUT2D eigenvalue weighted by Crippen LogP contribution is -2.37. The number of carbonyl (C=O) groups is 3. The normalized spacial score (nSPS) is 15.1. The van der Waals surface area contributed by atoms with Gasteiger partial charge in [0.1, 0.15) is 17.6 Å². The molecule has 9 nitrogen and oxygen atoms in total. The Morgan fingerprint density at radius 3 is 2.32 bits per heavy atom. The van der Waals surface area contributed by atoms with Gasteiger partial charge in [-0.1, -0.05) is 12.1 Å². The first kappa shape index (κ1) is 25.5. The highest BCUT2D eigenvalue weighted by Gasteiger charge is 2.46. The number of nitrogens with one attached hydrogen (secondary N) is 1. The molecule has 4 amide bonds. The molecule has 3 aromatic carbocycles. The zero-order valence-corrected chi connectivity index (χ0v) is 20.6. The Hall–Kier alpha value is -4.60. The third-order valence-electron chi connectivity index (χ3n) is 5.94. The summed E-state index contributed by atoms with van der Waals surface area (Å²) in [6.45, 7) is 0.0416. The number of nitrogens with zero attached hydrogens (tertiary/aromatic N) is 2. The van der Waals surface area contributed by atoms with Crippen LogP contribution in [0.4, 0.5) is 20.6 Å². The van der Waals surface area contributed by atoms with Crippen LogP contribution in [0.3, 0.4) is 0 Å². The Bertz CT molecular complexity index is 1310. The number of urea groups is 1. The molecule has 0 saturated carbocycles. The van der Waals surface area contributed by atoms with E-state index < -0.39 is 29.7 Å². The van der Waals surface area contributed by atoms with Crippen molar-refractivity contribution >= 4 is 29.2 Å². The van der Waals surface area contributed by atoms with Crippen molar-refractivity contribution in [2.45, 2.75) is 19.0 Å². The van der Waals surface area contributed by atoms with Crippen LogP contribution in [0.1, 0.15) is 12.0 Å². The number of hydrogen-bond donors (Lipinski definition) is 1. The fourth-order valence-corrected chi connectivity index (χ4v) is 4.10. The average Bonchev–Trinajstić information content (AvgIpc) is 3.13. The number of ether oxygens (including phenoxy) is 3. The van der Waals surface area contributed by atoms with Gasteiger partial charge in [-0.05, 0) is 54.1 Å². The third kappa shape index (κ3) is 5.48. The second kappa shape index (κ2) is 11.0. The van der Waals surface area contributed by atoms with E-state index in [-0.39, 0.29) is 13.0 Å². The van der Waals surface area contributed by atoms with Crippen LogP contribution in [0.2, 0.25) is 0 Å². The van der Waals surface area contributed by atoms with E-state index in [1.54, 1.807) is 42.5 Å². The SMILES string of the molecule is COc1cccc(N2C(=O)[C@@H](CC(=O)Nc3ccc(F)cc3)N(Cc3ccc(OC)c(OC)c3)C2=O)c1. The first-order chi connectivity index (χ1) is 17.8. The monoisotopic (exact) mass is 507 g/mol. The predicted octanol–water partition coefficient (Wildman–Crippen LogP) is 4.22. The first-order valence-electron chi connectivity index (χ1n) is 11.4. The Kier molecular flexibility index (Phi) is 7.57. The van der Waals surface area contributed by atoms with Crippen molar-refractivity contribution < 1.29 is 33.0 Å². The molecular weight excluding hydrogens is 481 g/mol. The largest absolute Gasteiger partial charge is 0.497 e. The van der Waals surface area contributed by atoms with Gasteiger partial charge >= 0.3 is 6.03 Å². The summed E-state index contributed by atoms with van der Waals surface area (Å²) < 4.78 is 29.1. The number of hydrogen-bond acceptors (Lipinski definition) is 6. The summed E-state index contributed by atoms with van der Waals surface area (Å²) in [5.74, 6) is -0.0290. The minimum Gasteiger partial charge on any atom is -0.497 e. The summed E-state index contributed by atoms with van der Waals surface area (Å²) in [5, 5.41) is 2.65. The van der Waals surface area contributed by atoms with Crippen molar-refractivity contribution in [3.8, 4) is 17.2 Å². The second-order valence-corrected chi connectivity index (χ2v) is 8.25. The fourth-order valence-electron chi connectivity index (χ4n) is 4.10. The molecule has 1 heterocycles. The van der Waals surface area contributed by atoms with Gasteiger partial charge in [0.2, 0.25) is 5.91 Å². The fraction of sp³-hybridized carbons (Fsp3) is 0.222. The number of benzene rings is 3. The van der Waals surface area contributed by atoms with Crippen molar-refractivity contribution in [2.75, 3.05) is 31.5 Å². The molecule has 192 valence electrons. The van der Waals surface area contributed by atoms with Gasteiger partial charge in [0.05, 0.1) is 33.4 Å². The number of rotatable bonds is 9. The minimum atomic E-state index is -1.08. The van der Waals surface area contributed by atoms with Crippen molar-refractivity contribution in [1.29, 1.82) is 0 Å². The van der Waals surface area contributed by atoms with Crippen molar-refractivity contribution in [3.63, 3.8) is 0 Å². The third-order valence-corrected chi connectivity index (χ3v) is 5.94. The number of halogens is 1. The zero-order chi connectivity index (χ0) is 26.5. The van der Waals surface area contributed by atoms with Crippen LogP contribution in [0, 0.1) is 5.82 Å². The van der Waals surface area contributed by atoms with E-state index in [4.69, 9.17) is 14.2 Å². The molecule has 1 aliphatic heterocycles. The Morgan fingerprint density at radius 2 is 1.65 bits per heavy atom. The minimum absolute atomic E-state index is 0.0416. The van der Waals surface area contributed by atoms with Crippen LogP contribution in [0.25, 0.3) is 0 Å². The summed E-state index contributed by atoms with van der Waals surface area (Å²) in [7, 11) is 4.50. The molecule has 1 atom stereocenters. The van der Waals surface area contributed by atoms with E-state index in [0.29, 0.717) is 34.2 Å². The average molecular weight is 508 g/mol. The van der Waals surface area contributed by atoms with Crippen LogP contribution in [-0.4, -0.2) is 50.1 Å². The maximum Gasteiger partial charge on any atom is 0.332 e. The first-order valence-corrected chi connectivity index (χ1v) is 11.4. The summed E-state index contributed by atoms with van der Waals surface area (Å²) >= 11 is 0. The second-order valence-electron chi connectivity index (χ2n) is 8.25. The number of carbonyl (C=O) groups excluding carboxylic acids is 3. The van der Waals surface area contributed by atoms with Crippen LogP contribution in [0.5, 0.6) is 17.2 Å². The van der Waals surface area contributed by atoms with Crippen molar-refractivity contribution in [3.05, 3.63) is 78.1 Å². The lowest BCUT2D eigenvalue weighted by Gasteiger charge is -2.22. The van der Waals surface area contributed by atoms with Gasteiger partial charge in [-0.3, -0.25) is 9.59 Å². The number of anilines is 2.